The van der Waals surface area contributed by atoms with Crippen LogP contribution in [-0.4, -0.2) is 22.1 Å². The molecule has 0 radical (unpaired) electrons. The van der Waals surface area contributed by atoms with E-state index >= 15 is 0 Å². The van der Waals surface area contributed by atoms with Crippen LogP contribution in [0.4, 0.5) is 5.69 Å². The second-order valence-electron chi connectivity index (χ2n) is 2.88. The molecular weight excluding hydrogens is 239 g/mol. The monoisotopic (exact) mass is 252 g/mol. The summed E-state index contributed by atoms with van der Waals surface area (Å²) in [6.07, 6.45) is 3.44. The smallest absolute Gasteiger partial charge is 0.305 e. The number of aliphatic carboxylic acids is 1. The van der Waals surface area contributed by atoms with Crippen LogP contribution in [0.25, 0.3) is 0 Å². The minimum Gasteiger partial charge on any atom is -0.481 e. The highest BCUT2D eigenvalue weighted by Crippen LogP contribution is 2.06. The van der Waals surface area contributed by atoms with Gasteiger partial charge in [-0.15, -0.1) is 24.8 Å². The molecule has 0 aliphatic carbocycles. The Morgan fingerprint density at radius 1 is 1.60 bits per heavy atom. The lowest BCUT2D eigenvalue weighted by Gasteiger charge is -2.11. The van der Waals surface area contributed by atoms with Gasteiger partial charge in [0.2, 0.25) is 0 Å². The molecule has 0 unspecified atom stereocenters. The van der Waals surface area contributed by atoms with Crippen LogP contribution >= 0.6 is 24.8 Å². The lowest BCUT2D eigenvalue weighted by molar-refractivity contribution is -0.137. The molecule has 0 saturated carbocycles. The fraction of sp³-hybridized carbons (Fsp3) is 0.333. The van der Waals surface area contributed by atoms with Gasteiger partial charge in [0.1, 0.15) is 0 Å². The Hall–Kier alpha value is -1.00. The van der Waals surface area contributed by atoms with E-state index in [1.165, 1.54) is 0 Å². The van der Waals surface area contributed by atoms with Crippen molar-refractivity contribution in [3.63, 3.8) is 0 Å². The number of hydrogen-bond donors (Lipinski definition) is 2. The molecule has 0 fully saturated rings. The van der Waals surface area contributed by atoms with E-state index in [-0.39, 0.29) is 37.3 Å². The average Bonchev–Trinajstić information content (AvgIpc) is 2.04. The van der Waals surface area contributed by atoms with Crippen molar-refractivity contribution in [3.05, 3.63) is 24.5 Å². The zero-order valence-electron chi connectivity index (χ0n) is 8.21. The number of carboxylic acids is 1. The molecule has 4 nitrogen and oxygen atoms in total. The van der Waals surface area contributed by atoms with Gasteiger partial charge in [-0.3, -0.25) is 9.78 Å². The van der Waals surface area contributed by atoms with Crippen molar-refractivity contribution in [2.75, 3.05) is 5.32 Å². The molecule has 2 N–H and O–H groups in total. The van der Waals surface area contributed by atoms with E-state index < -0.39 is 5.97 Å². The topological polar surface area (TPSA) is 62.2 Å². The Balaban J connectivity index is 0. The number of anilines is 1. The van der Waals surface area contributed by atoms with Crippen LogP contribution in [0.1, 0.15) is 13.3 Å². The molecule has 15 heavy (non-hydrogen) atoms. The lowest BCUT2D eigenvalue weighted by atomic mass is 10.2. The number of rotatable bonds is 4. The van der Waals surface area contributed by atoms with Crippen molar-refractivity contribution in [3.8, 4) is 0 Å². The van der Waals surface area contributed by atoms with E-state index in [1.807, 2.05) is 13.0 Å². The number of hydrogen-bond acceptors (Lipinski definition) is 3. The highest BCUT2D eigenvalue weighted by Gasteiger charge is 2.06. The fourth-order valence-corrected chi connectivity index (χ4v) is 1.05. The molecular formula is C9H14Cl2N2O2. The van der Waals surface area contributed by atoms with Gasteiger partial charge >= 0.3 is 5.97 Å². The van der Waals surface area contributed by atoms with Crippen molar-refractivity contribution in [1.29, 1.82) is 0 Å². The Morgan fingerprint density at radius 3 is 2.73 bits per heavy atom. The normalized spacial score (nSPS) is 10.5. The molecule has 6 heteroatoms. The van der Waals surface area contributed by atoms with Gasteiger partial charge in [0.15, 0.2) is 0 Å². The minimum atomic E-state index is -0.802. The Morgan fingerprint density at radius 2 is 2.27 bits per heavy atom. The van der Waals surface area contributed by atoms with E-state index in [2.05, 4.69) is 10.3 Å². The maximum absolute atomic E-state index is 10.3. The predicted molar refractivity (Wildman–Crippen MR) is 64.1 cm³/mol. The number of carbonyl (C=O) groups is 1. The number of aromatic nitrogens is 1. The minimum absolute atomic E-state index is 0. The first kappa shape index (κ1) is 16.4. The van der Waals surface area contributed by atoms with Gasteiger partial charge in [-0.05, 0) is 19.1 Å². The maximum Gasteiger partial charge on any atom is 0.305 e. The van der Waals surface area contributed by atoms with Crippen molar-refractivity contribution in [1.82, 2.24) is 4.98 Å². The molecule has 0 aliphatic rings. The molecule has 1 heterocycles. The average molecular weight is 253 g/mol. The summed E-state index contributed by atoms with van der Waals surface area (Å²) in [6.45, 7) is 1.82. The number of pyridine rings is 1. The highest BCUT2D eigenvalue weighted by atomic mass is 35.5. The van der Waals surface area contributed by atoms with Gasteiger partial charge in [-0.2, -0.15) is 0 Å². The van der Waals surface area contributed by atoms with E-state index in [4.69, 9.17) is 5.11 Å². The molecule has 1 atom stereocenters. The molecule has 0 bridgehead atoms. The summed E-state index contributed by atoms with van der Waals surface area (Å²) in [4.78, 5) is 14.3. The van der Waals surface area contributed by atoms with Gasteiger partial charge in [0.05, 0.1) is 12.1 Å². The number of nitrogens with zero attached hydrogens (tertiary/aromatic N) is 1. The Kier molecular flexibility index (Phi) is 9.11. The van der Waals surface area contributed by atoms with Crippen LogP contribution in [0.2, 0.25) is 0 Å². The summed E-state index contributed by atoms with van der Waals surface area (Å²) in [5.74, 6) is -0.802. The van der Waals surface area contributed by atoms with Gasteiger partial charge < -0.3 is 10.4 Å². The zero-order valence-corrected chi connectivity index (χ0v) is 9.85. The third kappa shape index (κ3) is 6.99. The SMILES string of the molecule is C[C@@H](CC(=O)O)Nc1cccnc1.Cl.Cl. The molecule has 0 saturated heterocycles. The van der Waals surface area contributed by atoms with Crippen LogP contribution < -0.4 is 5.32 Å². The van der Waals surface area contributed by atoms with Gasteiger partial charge in [-0.25, -0.2) is 0 Å². The number of carboxylic acid groups (broad SMARTS) is 1. The second-order valence-corrected chi connectivity index (χ2v) is 2.88. The van der Waals surface area contributed by atoms with E-state index in [1.54, 1.807) is 18.5 Å². The third-order valence-electron chi connectivity index (χ3n) is 1.56. The molecule has 0 aromatic carbocycles. The summed E-state index contributed by atoms with van der Waals surface area (Å²) >= 11 is 0. The van der Waals surface area contributed by atoms with Crippen molar-refractivity contribution >= 4 is 36.5 Å². The lowest BCUT2D eigenvalue weighted by Crippen LogP contribution is -2.19. The third-order valence-corrected chi connectivity index (χ3v) is 1.56. The standard InChI is InChI=1S/C9H12N2O2.2ClH/c1-7(5-9(12)13)11-8-3-2-4-10-6-8;;/h2-4,6-7,11H,5H2,1H3,(H,12,13);2*1H/t7-;;/m0../s1. The summed E-state index contributed by atoms with van der Waals surface area (Å²) in [5, 5.41) is 11.5. The van der Waals surface area contributed by atoms with Crippen LogP contribution in [-0.2, 0) is 4.79 Å². The van der Waals surface area contributed by atoms with E-state index in [9.17, 15) is 4.79 Å². The summed E-state index contributed by atoms with van der Waals surface area (Å²) in [7, 11) is 0. The predicted octanol–water partition coefficient (Wildman–Crippen LogP) is 2.20. The molecule has 0 amide bonds. The van der Waals surface area contributed by atoms with Crippen molar-refractivity contribution in [2.24, 2.45) is 0 Å². The second kappa shape index (κ2) is 8.32. The molecule has 0 aliphatic heterocycles. The molecule has 1 rings (SSSR count). The Labute approximate surface area is 101 Å². The Bertz CT molecular complexity index is 283. The number of halogens is 2. The first-order valence-electron chi connectivity index (χ1n) is 4.07. The van der Waals surface area contributed by atoms with E-state index in [0.29, 0.717) is 0 Å². The number of nitrogens with one attached hydrogen (secondary N) is 1. The fourth-order valence-electron chi connectivity index (χ4n) is 1.05. The van der Waals surface area contributed by atoms with Crippen LogP contribution in [0.15, 0.2) is 24.5 Å². The quantitative estimate of drug-likeness (QED) is 0.863. The highest BCUT2D eigenvalue weighted by molar-refractivity contribution is 5.85. The largest absolute Gasteiger partial charge is 0.481 e. The van der Waals surface area contributed by atoms with Gasteiger partial charge in [0, 0.05) is 18.4 Å². The van der Waals surface area contributed by atoms with Crippen molar-refractivity contribution in [2.45, 2.75) is 19.4 Å². The summed E-state index contributed by atoms with van der Waals surface area (Å²) < 4.78 is 0. The summed E-state index contributed by atoms with van der Waals surface area (Å²) in [5.41, 5.74) is 0.844. The maximum atomic E-state index is 10.3. The molecule has 1 aromatic heterocycles. The van der Waals surface area contributed by atoms with Crippen LogP contribution in [0, 0.1) is 0 Å². The van der Waals surface area contributed by atoms with Gasteiger partial charge in [-0.1, -0.05) is 0 Å². The zero-order chi connectivity index (χ0) is 9.68. The molecule has 86 valence electrons. The van der Waals surface area contributed by atoms with Crippen LogP contribution in [0.5, 0.6) is 0 Å². The van der Waals surface area contributed by atoms with E-state index in [0.717, 1.165) is 5.69 Å². The first-order chi connectivity index (χ1) is 6.18. The summed E-state index contributed by atoms with van der Waals surface area (Å²) in [6, 6.07) is 3.57. The molecule has 1 aromatic rings. The molecule has 0 spiro atoms. The van der Waals surface area contributed by atoms with Crippen LogP contribution in [0.3, 0.4) is 0 Å². The first-order valence-corrected chi connectivity index (χ1v) is 4.07. The van der Waals surface area contributed by atoms with Gasteiger partial charge in [0.25, 0.3) is 0 Å². The van der Waals surface area contributed by atoms with Crippen molar-refractivity contribution < 1.29 is 9.90 Å².